The maximum Gasteiger partial charge on any atom is 0.129 e. The van der Waals surface area contributed by atoms with Gasteiger partial charge in [0.05, 0.1) is 5.52 Å². The van der Waals surface area contributed by atoms with Crippen LogP contribution in [0.2, 0.25) is 0 Å². The summed E-state index contributed by atoms with van der Waals surface area (Å²) < 4.78 is 2.41. The van der Waals surface area contributed by atoms with Crippen LogP contribution >= 0.6 is 0 Å². The van der Waals surface area contributed by atoms with Crippen LogP contribution in [-0.4, -0.2) is 27.6 Å². The summed E-state index contributed by atoms with van der Waals surface area (Å²) >= 11 is 0. The molecule has 3 aromatic rings. The number of hydrogen-bond acceptors (Lipinski definition) is 3. The predicted octanol–water partition coefficient (Wildman–Crippen LogP) is 4.23. The number of nitrogens with zero attached hydrogens (tertiary/aromatic N) is 4. The Morgan fingerprint density at radius 2 is 1.80 bits per heavy atom. The van der Waals surface area contributed by atoms with E-state index in [9.17, 15) is 0 Å². The average Bonchev–Trinajstić information content (AvgIpc) is 3.37. The van der Waals surface area contributed by atoms with Gasteiger partial charge < -0.3 is 9.47 Å². The summed E-state index contributed by atoms with van der Waals surface area (Å²) in [6, 6.07) is 12.7. The number of anilines is 1. The highest BCUT2D eigenvalue weighted by atomic mass is 15.2. The van der Waals surface area contributed by atoms with Crippen LogP contribution in [0.3, 0.4) is 0 Å². The molecule has 3 heterocycles. The normalized spacial score (nSPS) is 18.8. The van der Waals surface area contributed by atoms with Crippen LogP contribution in [0.4, 0.5) is 5.82 Å². The largest absolute Gasteiger partial charge is 0.357 e. The van der Waals surface area contributed by atoms with E-state index in [1.54, 1.807) is 0 Å². The molecule has 1 saturated carbocycles. The van der Waals surface area contributed by atoms with E-state index in [0.717, 1.165) is 43.2 Å². The molecule has 1 aliphatic carbocycles. The van der Waals surface area contributed by atoms with Crippen LogP contribution in [0.1, 0.15) is 37.4 Å². The number of hydrogen-bond donors (Lipinski definition) is 0. The second-order valence-electron chi connectivity index (χ2n) is 7.50. The third-order valence-corrected chi connectivity index (χ3v) is 5.67. The molecule has 1 saturated heterocycles. The maximum absolute atomic E-state index is 4.86. The van der Waals surface area contributed by atoms with Gasteiger partial charge in [-0.2, -0.15) is 0 Å². The van der Waals surface area contributed by atoms with E-state index < -0.39 is 0 Å². The summed E-state index contributed by atoms with van der Waals surface area (Å²) in [5, 5.41) is 1.21. The van der Waals surface area contributed by atoms with E-state index in [2.05, 4.69) is 57.0 Å². The second-order valence-corrected chi connectivity index (χ2v) is 7.50. The molecule has 4 nitrogen and oxygen atoms in total. The molecule has 25 heavy (non-hydrogen) atoms. The number of rotatable bonds is 4. The quantitative estimate of drug-likeness (QED) is 0.717. The van der Waals surface area contributed by atoms with Crippen molar-refractivity contribution in [2.24, 2.45) is 5.92 Å². The lowest BCUT2D eigenvalue weighted by atomic mass is 9.95. The van der Waals surface area contributed by atoms with E-state index in [1.807, 2.05) is 6.20 Å². The van der Waals surface area contributed by atoms with Crippen LogP contribution in [0.15, 0.2) is 48.8 Å². The Bertz CT molecular complexity index is 872. The third kappa shape index (κ3) is 3.01. The first kappa shape index (κ1) is 14.9. The SMILES string of the molecule is c1ccc2nc(N3CCC(c4nccn4CC4CC4)CC3)ccc2c1. The Balaban J connectivity index is 1.29. The number of piperidine rings is 1. The number of pyridine rings is 1. The minimum absolute atomic E-state index is 0.588. The van der Waals surface area contributed by atoms with E-state index in [4.69, 9.17) is 4.98 Å². The fourth-order valence-electron chi connectivity index (χ4n) is 4.01. The van der Waals surface area contributed by atoms with Gasteiger partial charge in [-0.15, -0.1) is 0 Å². The van der Waals surface area contributed by atoms with Gasteiger partial charge in [-0.3, -0.25) is 0 Å². The van der Waals surface area contributed by atoms with E-state index in [-0.39, 0.29) is 0 Å². The molecule has 0 atom stereocenters. The first-order chi connectivity index (χ1) is 12.4. The van der Waals surface area contributed by atoms with Gasteiger partial charge in [0, 0.05) is 43.3 Å². The number of benzene rings is 1. The zero-order valence-corrected chi connectivity index (χ0v) is 14.5. The molecule has 0 spiro atoms. The van der Waals surface area contributed by atoms with E-state index >= 15 is 0 Å². The number of imidazole rings is 1. The molecular weight excluding hydrogens is 308 g/mol. The fourth-order valence-corrected chi connectivity index (χ4v) is 4.01. The van der Waals surface area contributed by atoms with Crippen molar-refractivity contribution in [3.05, 3.63) is 54.6 Å². The molecule has 0 amide bonds. The summed E-state index contributed by atoms with van der Waals surface area (Å²) in [4.78, 5) is 12.0. The smallest absolute Gasteiger partial charge is 0.129 e. The lowest BCUT2D eigenvalue weighted by Gasteiger charge is -2.33. The predicted molar refractivity (Wildman–Crippen MR) is 101 cm³/mol. The first-order valence-corrected chi connectivity index (χ1v) is 9.48. The fraction of sp³-hybridized carbons (Fsp3) is 0.429. The highest BCUT2D eigenvalue weighted by molar-refractivity contribution is 5.80. The number of para-hydroxylation sites is 1. The average molecular weight is 332 g/mol. The molecule has 0 bridgehead atoms. The van der Waals surface area contributed by atoms with Gasteiger partial charge in [-0.05, 0) is 49.8 Å². The zero-order valence-electron chi connectivity index (χ0n) is 14.5. The first-order valence-electron chi connectivity index (χ1n) is 9.48. The molecule has 4 heteroatoms. The Hall–Kier alpha value is -2.36. The highest BCUT2D eigenvalue weighted by Gasteiger charge is 2.27. The molecule has 2 aromatic heterocycles. The minimum atomic E-state index is 0.588. The second kappa shape index (κ2) is 6.17. The minimum Gasteiger partial charge on any atom is -0.357 e. The highest BCUT2D eigenvalue weighted by Crippen LogP contribution is 2.34. The Morgan fingerprint density at radius 3 is 2.64 bits per heavy atom. The van der Waals surface area contributed by atoms with Crippen molar-refractivity contribution in [1.29, 1.82) is 0 Å². The Labute approximate surface area is 148 Å². The van der Waals surface area contributed by atoms with Gasteiger partial charge in [0.25, 0.3) is 0 Å². The maximum atomic E-state index is 4.86. The van der Waals surface area contributed by atoms with E-state index in [1.165, 1.54) is 30.6 Å². The lowest BCUT2D eigenvalue weighted by molar-refractivity contribution is 0.456. The van der Waals surface area contributed by atoms with Gasteiger partial charge in [0.1, 0.15) is 11.6 Å². The van der Waals surface area contributed by atoms with Crippen LogP contribution in [-0.2, 0) is 6.54 Å². The monoisotopic (exact) mass is 332 g/mol. The molecule has 5 rings (SSSR count). The summed E-state index contributed by atoms with van der Waals surface area (Å²) in [7, 11) is 0. The molecular formula is C21H24N4. The third-order valence-electron chi connectivity index (χ3n) is 5.67. The van der Waals surface area contributed by atoms with Crippen molar-refractivity contribution in [2.75, 3.05) is 18.0 Å². The van der Waals surface area contributed by atoms with E-state index in [0.29, 0.717) is 5.92 Å². The van der Waals surface area contributed by atoms with Crippen LogP contribution in [0, 0.1) is 5.92 Å². The van der Waals surface area contributed by atoms with Gasteiger partial charge in [0.15, 0.2) is 0 Å². The van der Waals surface area contributed by atoms with Crippen molar-refractivity contribution < 1.29 is 0 Å². The molecule has 0 N–H and O–H groups in total. The van der Waals surface area contributed by atoms with Crippen LogP contribution in [0.5, 0.6) is 0 Å². The summed E-state index contributed by atoms with van der Waals surface area (Å²) in [6.07, 6.45) is 9.26. The molecule has 0 radical (unpaired) electrons. The standard InChI is InChI=1S/C21H24N4/c1-2-4-19-17(3-1)7-8-20(23-19)24-12-9-18(10-13-24)21-22-11-14-25(21)15-16-5-6-16/h1-4,7-8,11,14,16,18H,5-6,9-10,12-13,15H2. The van der Waals surface area contributed by atoms with Gasteiger partial charge in [-0.25, -0.2) is 9.97 Å². The summed E-state index contributed by atoms with van der Waals surface area (Å²) in [5.41, 5.74) is 1.09. The molecule has 2 aliphatic rings. The van der Waals surface area contributed by atoms with Crippen molar-refractivity contribution >= 4 is 16.7 Å². The van der Waals surface area contributed by atoms with Crippen molar-refractivity contribution in [1.82, 2.24) is 14.5 Å². The molecule has 1 aromatic carbocycles. The lowest BCUT2D eigenvalue weighted by Crippen LogP contribution is -2.34. The van der Waals surface area contributed by atoms with Crippen LogP contribution in [0.25, 0.3) is 10.9 Å². The van der Waals surface area contributed by atoms with Crippen molar-refractivity contribution in [2.45, 2.75) is 38.1 Å². The summed E-state index contributed by atoms with van der Waals surface area (Å²) in [5.74, 6) is 3.90. The van der Waals surface area contributed by atoms with Gasteiger partial charge >= 0.3 is 0 Å². The van der Waals surface area contributed by atoms with Gasteiger partial charge in [-0.1, -0.05) is 18.2 Å². The van der Waals surface area contributed by atoms with Crippen molar-refractivity contribution in [3.8, 4) is 0 Å². The molecule has 128 valence electrons. The molecule has 0 unspecified atom stereocenters. The van der Waals surface area contributed by atoms with Crippen LogP contribution < -0.4 is 4.90 Å². The zero-order chi connectivity index (χ0) is 16.6. The molecule has 2 fully saturated rings. The topological polar surface area (TPSA) is 34.0 Å². The number of fused-ring (bicyclic) bond motifs is 1. The Kier molecular flexibility index (Phi) is 3.69. The molecule has 1 aliphatic heterocycles. The number of aromatic nitrogens is 3. The summed E-state index contributed by atoms with van der Waals surface area (Å²) in [6.45, 7) is 3.29. The Morgan fingerprint density at radius 1 is 0.960 bits per heavy atom. The van der Waals surface area contributed by atoms with Gasteiger partial charge in [0.2, 0.25) is 0 Å². The van der Waals surface area contributed by atoms with Crippen molar-refractivity contribution in [3.63, 3.8) is 0 Å².